The lowest BCUT2D eigenvalue weighted by Crippen LogP contribution is -2.50. The number of hydrogen-bond donors (Lipinski definition) is 1. The molecule has 0 bridgehead atoms. The number of anilines is 2. The first-order chi connectivity index (χ1) is 20.9. The number of aryl methyl sites for hydroxylation is 1. The quantitative estimate of drug-likeness (QED) is 0.274. The van der Waals surface area contributed by atoms with Gasteiger partial charge in [-0.2, -0.15) is 0 Å². The van der Waals surface area contributed by atoms with E-state index in [1.807, 2.05) is 58.0 Å². The number of fused-ring (bicyclic) bond motifs is 1. The molecule has 0 radical (unpaired) electrons. The van der Waals surface area contributed by atoms with Crippen LogP contribution in [0.3, 0.4) is 0 Å². The molecule has 2 aromatic heterocycles. The fourth-order valence-electron chi connectivity index (χ4n) is 4.97. The molecule has 3 heterocycles. The van der Waals surface area contributed by atoms with Crippen LogP contribution in [0.15, 0.2) is 57.9 Å². The van der Waals surface area contributed by atoms with Gasteiger partial charge in [-0.1, -0.05) is 30.3 Å². The van der Waals surface area contributed by atoms with Crippen LogP contribution in [-0.2, 0) is 21.2 Å². The summed E-state index contributed by atoms with van der Waals surface area (Å²) in [4.78, 5) is 21.0. The van der Waals surface area contributed by atoms with Gasteiger partial charge in [-0.05, 0) is 57.0 Å². The molecule has 2 aromatic carbocycles. The van der Waals surface area contributed by atoms with Crippen LogP contribution < -0.4 is 19.1 Å². The van der Waals surface area contributed by atoms with E-state index in [0.29, 0.717) is 49.4 Å². The van der Waals surface area contributed by atoms with Crippen LogP contribution in [0.1, 0.15) is 33.3 Å². The number of hydrogen-bond acceptors (Lipinski definition) is 10. The summed E-state index contributed by atoms with van der Waals surface area (Å²) in [5, 5.41) is 4.27. The summed E-state index contributed by atoms with van der Waals surface area (Å²) >= 11 is 0. The Morgan fingerprint density at radius 3 is 2.39 bits per heavy atom. The maximum atomic E-state index is 13.4. The van der Waals surface area contributed by atoms with E-state index in [-0.39, 0.29) is 28.3 Å². The molecule has 44 heavy (non-hydrogen) atoms. The number of pyridine rings is 1. The van der Waals surface area contributed by atoms with Gasteiger partial charge in [-0.25, -0.2) is 18.2 Å². The third-order valence-corrected chi connectivity index (χ3v) is 8.59. The maximum Gasteiger partial charge on any atom is 0.410 e. The summed E-state index contributed by atoms with van der Waals surface area (Å²) in [6, 6.07) is 14.6. The summed E-state index contributed by atoms with van der Waals surface area (Å²) in [7, 11) is -1.19. The van der Waals surface area contributed by atoms with Gasteiger partial charge in [0.2, 0.25) is 0 Å². The van der Waals surface area contributed by atoms with Crippen LogP contribution in [0.4, 0.5) is 16.3 Å². The minimum Gasteiger partial charge on any atom is -0.496 e. The zero-order valence-corrected chi connectivity index (χ0v) is 26.5. The molecule has 1 amide bonds. The lowest BCUT2D eigenvalue weighted by Gasteiger charge is -2.36. The number of amides is 1. The van der Waals surface area contributed by atoms with Crippen molar-refractivity contribution in [3.63, 3.8) is 0 Å². The van der Waals surface area contributed by atoms with Crippen molar-refractivity contribution >= 4 is 38.7 Å². The van der Waals surface area contributed by atoms with Crippen LogP contribution in [0, 0.1) is 0 Å². The second kappa shape index (κ2) is 12.2. The monoisotopic (exact) mass is 623 g/mol. The number of methoxy groups -OCH3 is 2. The highest BCUT2D eigenvalue weighted by Gasteiger charge is 2.27. The van der Waals surface area contributed by atoms with Crippen LogP contribution in [0.25, 0.3) is 22.4 Å². The van der Waals surface area contributed by atoms with Gasteiger partial charge in [0, 0.05) is 43.5 Å². The Balaban J connectivity index is 1.39. The fraction of sp³-hybridized carbons (Fsp3) is 0.387. The summed E-state index contributed by atoms with van der Waals surface area (Å²) in [6.45, 7) is 9.89. The van der Waals surface area contributed by atoms with Gasteiger partial charge in [0.15, 0.2) is 5.82 Å². The number of sulfonamides is 1. The summed E-state index contributed by atoms with van der Waals surface area (Å²) in [5.74, 6) is 0.507. The van der Waals surface area contributed by atoms with Crippen molar-refractivity contribution in [1.82, 2.24) is 15.0 Å². The molecule has 0 aliphatic carbocycles. The number of aromatic nitrogens is 2. The van der Waals surface area contributed by atoms with Crippen molar-refractivity contribution in [2.45, 2.75) is 44.6 Å². The van der Waals surface area contributed by atoms with Crippen LogP contribution >= 0.6 is 0 Å². The SMILES string of the molecule is CCc1ccc(OC)c(S(=O)(=O)Nc2noc3nc(-c4cccc(N5CCN(C(=O)OC(C)(C)C)CC5)c4)cc(OC)c23)c1. The molecule has 1 fully saturated rings. The topological polar surface area (TPSA) is 136 Å². The van der Waals surface area contributed by atoms with Crippen molar-refractivity contribution in [3.8, 4) is 22.8 Å². The van der Waals surface area contributed by atoms with E-state index in [9.17, 15) is 13.2 Å². The number of carbonyl (C=O) groups is 1. The van der Waals surface area contributed by atoms with Crippen LogP contribution in [0.5, 0.6) is 11.5 Å². The molecule has 13 heteroatoms. The van der Waals surface area contributed by atoms with E-state index < -0.39 is 15.6 Å². The number of benzene rings is 2. The second-order valence-corrected chi connectivity index (χ2v) is 13.0. The van der Waals surface area contributed by atoms with Gasteiger partial charge in [-0.3, -0.25) is 4.72 Å². The van der Waals surface area contributed by atoms with E-state index in [0.717, 1.165) is 16.8 Å². The standard InChI is InChI=1S/C31H37N5O7S/c1-7-20-11-12-24(40-5)26(17-20)44(38,39)34-28-27-25(41-6)19-23(32-29(27)43-33-28)21-9-8-10-22(18-21)35-13-15-36(16-14-35)30(37)42-31(2,3)4/h8-12,17-19H,7,13-16H2,1-6H3,(H,33,34). The van der Waals surface area contributed by atoms with E-state index in [1.54, 1.807) is 23.1 Å². The molecular formula is C31H37N5O7S. The molecule has 234 valence electrons. The van der Waals surface area contributed by atoms with Crippen molar-refractivity contribution in [3.05, 3.63) is 54.1 Å². The Hall–Kier alpha value is -4.52. The highest BCUT2D eigenvalue weighted by molar-refractivity contribution is 7.92. The Morgan fingerprint density at radius 1 is 1.00 bits per heavy atom. The third-order valence-electron chi connectivity index (χ3n) is 7.23. The Bertz CT molecular complexity index is 1770. The first kappa shape index (κ1) is 30.9. The molecule has 0 spiro atoms. The van der Waals surface area contributed by atoms with E-state index in [4.69, 9.17) is 18.7 Å². The summed E-state index contributed by atoms with van der Waals surface area (Å²) < 4.78 is 51.3. The number of carbonyl (C=O) groups excluding carboxylic acids is 1. The Labute approximate surface area is 256 Å². The van der Waals surface area contributed by atoms with Gasteiger partial charge in [0.05, 0.1) is 19.9 Å². The van der Waals surface area contributed by atoms with Gasteiger partial charge < -0.3 is 28.5 Å². The number of nitrogens with zero attached hydrogens (tertiary/aromatic N) is 4. The largest absolute Gasteiger partial charge is 0.496 e. The summed E-state index contributed by atoms with van der Waals surface area (Å²) in [6.07, 6.45) is 0.349. The number of rotatable bonds is 8. The number of piperazine rings is 1. The molecule has 4 aromatic rings. The van der Waals surface area contributed by atoms with E-state index in [1.165, 1.54) is 14.2 Å². The average Bonchev–Trinajstić information content (AvgIpc) is 3.41. The first-order valence-corrected chi connectivity index (χ1v) is 15.8. The first-order valence-electron chi connectivity index (χ1n) is 14.3. The van der Waals surface area contributed by atoms with E-state index >= 15 is 0 Å². The molecule has 0 saturated carbocycles. The zero-order valence-electron chi connectivity index (χ0n) is 25.7. The average molecular weight is 624 g/mol. The second-order valence-electron chi connectivity index (χ2n) is 11.4. The molecule has 12 nitrogen and oxygen atoms in total. The predicted molar refractivity (Wildman–Crippen MR) is 167 cm³/mol. The van der Waals surface area contributed by atoms with Crippen molar-refractivity contribution < 1.29 is 31.9 Å². The smallest absolute Gasteiger partial charge is 0.410 e. The van der Waals surface area contributed by atoms with Gasteiger partial charge >= 0.3 is 6.09 Å². The van der Waals surface area contributed by atoms with Crippen molar-refractivity contribution in [2.75, 3.05) is 50.0 Å². The molecule has 1 saturated heterocycles. The fourth-order valence-corrected chi connectivity index (χ4v) is 6.19. The van der Waals surface area contributed by atoms with Crippen LogP contribution in [-0.4, -0.2) is 75.6 Å². The lowest BCUT2D eigenvalue weighted by atomic mass is 10.1. The summed E-state index contributed by atoms with van der Waals surface area (Å²) in [5.41, 5.74) is 2.75. The van der Waals surface area contributed by atoms with Gasteiger partial charge in [0.1, 0.15) is 27.4 Å². The molecule has 0 unspecified atom stereocenters. The third kappa shape index (κ3) is 6.52. The molecule has 1 aliphatic rings. The molecule has 5 rings (SSSR count). The van der Waals surface area contributed by atoms with Crippen LogP contribution in [0.2, 0.25) is 0 Å². The van der Waals surface area contributed by atoms with Crippen molar-refractivity contribution in [1.29, 1.82) is 0 Å². The molecular weight excluding hydrogens is 586 g/mol. The van der Waals surface area contributed by atoms with Crippen molar-refractivity contribution in [2.24, 2.45) is 0 Å². The highest BCUT2D eigenvalue weighted by atomic mass is 32.2. The molecule has 1 aliphatic heterocycles. The predicted octanol–water partition coefficient (Wildman–Crippen LogP) is 5.33. The molecule has 1 N–H and O–H groups in total. The van der Waals surface area contributed by atoms with Gasteiger partial charge in [0.25, 0.3) is 15.7 Å². The van der Waals surface area contributed by atoms with Gasteiger partial charge in [-0.15, -0.1) is 0 Å². The normalized spacial score (nSPS) is 14.0. The number of ether oxygens (including phenoxy) is 3. The minimum absolute atomic E-state index is 0.0113. The number of nitrogens with one attached hydrogen (secondary N) is 1. The Morgan fingerprint density at radius 2 is 1.73 bits per heavy atom. The Kier molecular flexibility index (Phi) is 8.60. The molecule has 0 atom stereocenters. The lowest BCUT2D eigenvalue weighted by molar-refractivity contribution is 0.0240. The highest BCUT2D eigenvalue weighted by Crippen LogP contribution is 2.37. The van der Waals surface area contributed by atoms with E-state index in [2.05, 4.69) is 19.8 Å². The minimum atomic E-state index is -4.09. The zero-order chi connectivity index (χ0) is 31.6. The maximum absolute atomic E-state index is 13.4.